The van der Waals surface area contributed by atoms with Crippen LogP contribution in [0, 0.1) is 46.5 Å². The first-order valence-corrected chi connectivity index (χ1v) is 9.58. The first kappa shape index (κ1) is 17.5. The Bertz CT molecular complexity index is 653. The molecule has 1 aromatic carbocycles. The summed E-state index contributed by atoms with van der Waals surface area (Å²) in [5, 5.41) is 0. The van der Waals surface area contributed by atoms with E-state index < -0.39 is 10.0 Å². The number of rotatable bonds is 2. The molecule has 0 saturated carbocycles. The Balaban J connectivity index is 2.60. The Morgan fingerprint density at radius 1 is 0.773 bits per heavy atom. The van der Waals surface area contributed by atoms with Crippen molar-refractivity contribution in [2.45, 2.75) is 59.8 Å². The van der Waals surface area contributed by atoms with Gasteiger partial charge in [-0.2, -0.15) is 4.31 Å². The van der Waals surface area contributed by atoms with Gasteiger partial charge in [-0.25, -0.2) is 8.42 Å². The Kier molecular flexibility index (Phi) is 4.74. The average Bonchev–Trinajstić information content (AvgIpc) is 2.42. The molecule has 0 N–H and O–H groups in total. The summed E-state index contributed by atoms with van der Waals surface area (Å²) in [6.45, 7) is 15.6. The van der Waals surface area contributed by atoms with E-state index in [1.807, 2.05) is 27.7 Å². The zero-order valence-corrected chi connectivity index (χ0v) is 15.8. The largest absolute Gasteiger partial charge is 0.243 e. The Morgan fingerprint density at radius 2 is 1.14 bits per heavy atom. The first-order valence-electron chi connectivity index (χ1n) is 8.14. The normalized spacial score (nSPS) is 23.8. The second kappa shape index (κ2) is 5.97. The molecule has 0 aliphatic carbocycles. The van der Waals surface area contributed by atoms with E-state index in [9.17, 15) is 8.42 Å². The molecule has 0 bridgehead atoms. The van der Waals surface area contributed by atoms with Crippen molar-refractivity contribution < 1.29 is 8.42 Å². The van der Waals surface area contributed by atoms with Crippen molar-refractivity contribution in [2.75, 3.05) is 13.1 Å². The second-order valence-electron chi connectivity index (χ2n) is 7.22. The number of nitrogens with zero attached hydrogens (tertiary/aromatic N) is 1. The Labute approximate surface area is 135 Å². The molecule has 124 valence electrons. The standard InChI is InChI=1S/C18H29NO2S/c1-11-8-12(2)10-19(9-11)22(20,21)18-16(6)14(4)13(3)15(5)17(18)7/h11-12H,8-10H2,1-7H3/t11-,12-/m1/s1. The Morgan fingerprint density at radius 3 is 1.55 bits per heavy atom. The van der Waals surface area contributed by atoms with Crippen LogP contribution < -0.4 is 0 Å². The maximum Gasteiger partial charge on any atom is 0.243 e. The minimum atomic E-state index is -3.42. The van der Waals surface area contributed by atoms with Gasteiger partial charge in [0.1, 0.15) is 0 Å². The van der Waals surface area contributed by atoms with E-state index in [0.717, 1.165) is 28.7 Å². The van der Waals surface area contributed by atoms with E-state index in [-0.39, 0.29) is 0 Å². The molecule has 1 aromatic rings. The highest BCUT2D eigenvalue weighted by Gasteiger charge is 2.34. The SMILES string of the molecule is Cc1c(C)c(C)c(S(=O)(=O)N2C[C@H](C)C[C@@H](C)C2)c(C)c1C. The lowest BCUT2D eigenvalue weighted by molar-refractivity contribution is 0.222. The van der Waals surface area contributed by atoms with Gasteiger partial charge >= 0.3 is 0 Å². The number of piperidine rings is 1. The van der Waals surface area contributed by atoms with Crippen LogP contribution in [0.5, 0.6) is 0 Å². The van der Waals surface area contributed by atoms with Gasteiger partial charge in [0, 0.05) is 13.1 Å². The lowest BCUT2D eigenvalue weighted by Gasteiger charge is -2.35. The summed E-state index contributed by atoms with van der Waals surface area (Å²) in [5.74, 6) is 0.846. The van der Waals surface area contributed by atoms with Crippen LogP contribution in [0.25, 0.3) is 0 Å². The second-order valence-corrected chi connectivity index (χ2v) is 9.10. The maximum absolute atomic E-state index is 13.3. The number of hydrogen-bond acceptors (Lipinski definition) is 2. The molecule has 2 rings (SSSR count). The van der Waals surface area contributed by atoms with Crippen molar-refractivity contribution in [2.24, 2.45) is 11.8 Å². The quantitative estimate of drug-likeness (QED) is 0.828. The minimum absolute atomic E-state index is 0.423. The van der Waals surface area contributed by atoms with Gasteiger partial charge in [0.2, 0.25) is 10.0 Å². The van der Waals surface area contributed by atoms with Crippen LogP contribution in [-0.4, -0.2) is 25.8 Å². The van der Waals surface area contributed by atoms with Crippen molar-refractivity contribution in [3.8, 4) is 0 Å². The van der Waals surface area contributed by atoms with Gasteiger partial charge in [-0.15, -0.1) is 0 Å². The van der Waals surface area contributed by atoms with Crippen molar-refractivity contribution in [1.29, 1.82) is 0 Å². The smallest absolute Gasteiger partial charge is 0.207 e. The fourth-order valence-corrected chi connectivity index (χ4v) is 6.02. The molecule has 0 unspecified atom stereocenters. The zero-order chi connectivity index (χ0) is 16.8. The predicted molar refractivity (Wildman–Crippen MR) is 91.8 cm³/mol. The van der Waals surface area contributed by atoms with E-state index in [1.165, 1.54) is 5.56 Å². The molecule has 2 atom stereocenters. The van der Waals surface area contributed by atoms with Gasteiger partial charge in [0.15, 0.2) is 0 Å². The molecule has 0 aromatic heterocycles. The van der Waals surface area contributed by atoms with Gasteiger partial charge in [0.25, 0.3) is 0 Å². The van der Waals surface area contributed by atoms with Crippen molar-refractivity contribution >= 4 is 10.0 Å². The van der Waals surface area contributed by atoms with Gasteiger partial charge in [-0.1, -0.05) is 13.8 Å². The fraction of sp³-hybridized carbons (Fsp3) is 0.667. The summed E-state index contributed by atoms with van der Waals surface area (Å²) in [7, 11) is -3.42. The molecule has 1 aliphatic heterocycles. The first-order chi connectivity index (χ1) is 10.1. The molecule has 0 amide bonds. The van der Waals surface area contributed by atoms with Crippen LogP contribution in [0.4, 0.5) is 0 Å². The maximum atomic E-state index is 13.3. The summed E-state index contributed by atoms with van der Waals surface area (Å²) in [6.07, 6.45) is 1.11. The van der Waals surface area contributed by atoms with Crippen LogP contribution in [0.1, 0.15) is 48.1 Å². The lowest BCUT2D eigenvalue weighted by atomic mass is 9.93. The lowest BCUT2D eigenvalue weighted by Crippen LogP contribution is -2.43. The van der Waals surface area contributed by atoms with E-state index in [2.05, 4.69) is 20.8 Å². The van der Waals surface area contributed by atoms with Crippen LogP contribution in [0.2, 0.25) is 0 Å². The van der Waals surface area contributed by atoms with Gasteiger partial charge < -0.3 is 0 Å². The van der Waals surface area contributed by atoms with Crippen molar-refractivity contribution in [1.82, 2.24) is 4.31 Å². The monoisotopic (exact) mass is 323 g/mol. The number of sulfonamides is 1. The molecule has 3 nitrogen and oxygen atoms in total. The predicted octanol–water partition coefficient (Wildman–Crippen LogP) is 3.90. The van der Waals surface area contributed by atoms with E-state index >= 15 is 0 Å². The van der Waals surface area contributed by atoms with Crippen molar-refractivity contribution in [3.05, 3.63) is 27.8 Å². The molecular weight excluding hydrogens is 294 g/mol. The molecule has 22 heavy (non-hydrogen) atoms. The van der Waals surface area contributed by atoms with Gasteiger partial charge in [-0.3, -0.25) is 0 Å². The summed E-state index contributed by atoms with van der Waals surface area (Å²) in [5.41, 5.74) is 5.21. The number of hydrogen-bond donors (Lipinski definition) is 0. The van der Waals surface area contributed by atoms with Gasteiger partial charge in [-0.05, 0) is 80.7 Å². The molecule has 0 radical (unpaired) electrons. The molecule has 1 heterocycles. The average molecular weight is 324 g/mol. The zero-order valence-electron chi connectivity index (χ0n) is 14.9. The third-order valence-corrected chi connectivity index (χ3v) is 7.47. The van der Waals surface area contributed by atoms with Crippen LogP contribution in [0.3, 0.4) is 0 Å². The molecule has 1 fully saturated rings. The molecule has 0 spiro atoms. The van der Waals surface area contributed by atoms with Crippen LogP contribution in [-0.2, 0) is 10.0 Å². The Hall–Kier alpha value is -0.870. The van der Waals surface area contributed by atoms with E-state index in [0.29, 0.717) is 29.8 Å². The molecular formula is C18H29NO2S. The highest BCUT2D eigenvalue weighted by Crippen LogP contribution is 2.34. The van der Waals surface area contributed by atoms with E-state index in [4.69, 9.17) is 0 Å². The molecule has 4 heteroatoms. The van der Waals surface area contributed by atoms with Crippen LogP contribution >= 0.6 is 0 Å². The summed E-state index contributed by atoms with van der Waals surface area (Å²) in [4.78, 5) is 0.536. The van der Waals surface area contributed by atoms with Crippen molar-refractivity contribution in [3.63, 3.8) is 0 Å². The molecule has 1 saturated heterocycles. The van der Waals surface area contributed by atoms with Gasteiger partial charge in [0.05, 0.1) is 4.90 Å². The van der Waals surface area contributed by atoms with Crippen LogP contribution in [0.15, 0.2) is 4.90 Å². The third-order valence-electron chi connectivity index (χ3n) is 5.36. The minimum Gasteiger partial charge on any atom is -0.207 e. The highest BCUT2D eigenvalue weighted by atomic mass is 32.2. The summed E-state index contributed by atoms with van der Waals surface area (Å²) in [6, 6.07) is 0. The third kappa shape index (κ3) is 2.83. The van der Waals surface area contributed by atoms with E-state index in [1.54, 1.807) is 4.31 Å². The topological polar surface area (TPSA) is 37.4 Å². The summed E-state index contributed by atoms with van der Waals surface area (Å²) < 4.78 is 28.2. The fourth-order valence-electron chi connectivity index (χ4n) is 3.78. The number of benzene rings is 1. The molecule has 1 aliphatic rings. The highest BCUT2D eigenvalue weighted by molar-refractivity contribution is 7.89. The summed E-state index contributed by atoms with van der Waals surface area (Å²) >= 11 is 0.